The third-order valence-corrected chi connectivity index (χ3v) is 3.28. The van der Waals surface area contributed by atoms with Crippen molar-refractivity contribution in [3.63, 3.8) is 0 Å². The number of hydrogen-bond donors (Lipinski definition) is 2. The van der Waals surface area contributed by atoms with Crippen molar-refractivity contribution in [2.24, 2.45) is 10.9 Å². The maximum atomic E-state index is 10.6. The minimum atomic E-state index is -0.400. The number of nitro groups is 1. The number of hydrogen-bond acceptors (Lipinski definition) is 3. The summed E-state index contributed by atoms with van der Waals surface area (Å²) < 4.78 is 0. The van der Waals surface area contributed by atoms with Crippen LogP contribution in [-0.2, 0) is 6.54 Å². The van der Waals surface area contributed by atoms with Crippen LogP contribution in [0.5, 0.6) is 0 Å². The summed E-state index contributed by atoms with van der Waals surface area (Å²) in [6.07, 6.45) is 0. The number of nitrogens with one attached hydrogen (secondary N) is 2. The standard InChI is InChI=1S/C15H24N4O2/c1-5-16-15(18-12(4)11(2)3)17-10-13-6-8-14(9-7-13)19(20)21/h6-9,11-12H,5,10H2,1-4H3,(H2,16,17,18). The van der Waals surface area contributed by atoms with Crippen LogP contribution in [0.2, 0.25) is 0 Å². The first-order chi connectivity index (χ1) is 9.93. The van der Waals surface area contributed by atoms with Crippen LogP contribution < -0.4 is 10.6 Å². The maximum absolute atomic E-state index is 10.6. The van der Waals surface area contributed by atoms with Crippen LogP contribution in [0.15, 0.2) is 29.3 Å². The molecule has 0 bridgehead atoms. The summed E-state index contributed by atoms with van der Waals surface area (Å²) in [6.45, 7) is 9.71. The van der Waals surface area contributed by atoms with Gasteiger partial charge in [0.2, 0.25) is 0 Å². The van der Waals surface area contributed by atoms with Crippen molar-refractivity contribution in [1.29, 1.82) is 0 Å². The largest absolute Gasteiger partial charge is 0.357 e. The predicted octanol–water partition coefficient (Wildman–Crippen LogP) is 2.69. The molecular formula is C15H24N4O2. The number of rotatable bonds is 6. The van der Waals surface area contributed by atoms with Crippen molar-refractivity contribution in [3.8, 4) is 0 Å². The van der Waals surface area contributed by atoms with Crippen LogP contribution in [0.1, 0.15) is 33.3 Å². The van der Waals surface area contributed by atoms with Crippen LogP contribution in [-0.4, -0.2) is 23.5 Å². The van der Waals surface area contributed by atoms with Crippen LogP contribution in [0.3, 0.4) is 0 Å². The molecule has 6 heteroatoms. The first-order valence-electron chi connectivity index (χ1n) is 7.22. The highest BCUT2D eigenvalue weighted by Crippen LogP contribution is 2.12. The maximum Gasteiger partial charge on any atom is 0.269 e. The van der Waals surface area contributed by atoms with Gasteiger partial charge in [0.05, 0.1) is 11.5 Å². The second kappa shape index (κ2) is 8.24. The van der Waals surface area contributed by atoms with Gasteiger partial charge in [-0.1, -0.05) is 26.0 Å². The Hall–Kier alpha value is -2.11. The van der Waals surface area contributed by atoms with Crippen molar-refractivity contribution in [1.82, 2.24) is 10.6 Å². The van der Waals surface area contributed by atoms with Crippen molar-refractivity contribution in [2.75, 3.05) is 6.54 Å². The second-order valence-corrected chi connectivity index (χ2v) is 5.30. The Morgan fingerprint density at radius 3 is 2.38 bits per heavy atom. The molecule has 0 aromatic heterocycles. The smallest absolute Gasteiger partial charge is 0.269 e. The van der Waals surface area contributed by atoms with Gasteiger partial charge in [-0.25, -0.2) is 4.99 Å². The first-order valence-corrected chi connectivity index (χ1v) is 7.22. The fourth-order valence-electron chi connectivity index (χ4n) is 1.60. The number of aliphatic imine (C=N–C) groups is 1. The molecule has 0 saturated heterocycles. The molecule has 1 aromatic carbocycles. The fourth-order valence-corrected chi connectivity index (χ4v) is 1.60. The van der Waals surface area contributed by atoms with E-state index in [4.69, 9.17) is 0 Å². The lowest BCUT2D eigenvalue weighted by Gasteiger charge is -2.20. The lowest BCUT2D eigenvalue weighted by molar-refractivity contribution is -0.384. The first kappa shape index (κ1) is 16.9. The number of nitrogens with zero attached hydrogens (tertiary/aromatic N) is 2. The number of benzene rings is 1. The van der Waals surface area contributed by atoms with Gasteiger partial charge in [-0.05, 0) is 25.3 Å². The van der Waals surface area contributed by atoms with Gasteiger partial charge in [0.15, 0.2) is 5.96 Å². The van der Waals surface area contributed by atoms with Crippen LogP contribution >= 0.6 is 0 Å². The molecule has 0 radical (unpaired) electrons. The normalized spacial score (nSPS) is 13.1. The van der Waals surface area contributed by atoms with Crippen LogP contribution in [0.25, 0.3) is 0 Å². The SMILES string of the molecule is CCNC(=NCc1ccc([N+](=O)[O-])cc1)NC(C)C(C)C. The molecule has 1 aromatic rings. The molecule has 1 unspecified atom stereocenters. The Labute approximate surface area is 125 Å². The summed E-state index contributed by atoms with van der Waals surface area (Å²) in [5.74, 6) is 1.27. The molecular weight excluding hydrogens is 268 g/mol. The molecule has 0 amide bonds. The highest BCUT2D eigenvalue weighted by atomic mass is 16.6. The molecule has 0 aliphatic heterocycles. The monoisotopic (exact) mass is 292 g/mol. The van der Waals surface area contributed by atoms with Crippen molar-refractivity contribution < 1.29 is 4.92 Å². The summed E-state index contributed by atoms with van der Waals surface area (Å²) in [7, 11) is 0. The number of non-ortho nitro benzene ring substituents is 1. The number of guanidine groups is 1. The van der Waals surface area contributed by atoms with E-state index in [2.05, 4.69) is 36.4 Å². The third kappa shape index (κ3) is 5.81. The van der Waals surface area contributed by atoms with Gasteiger partial charge < -0.3 is 10.6 Å². The molecule has 1 rings (SSSR count). The third-order valence-electron chi connectivity index (χ3n) is 3.28. The van der Waals surface area contributed by atoms with Crippen LogP contribution in [0, 0.1) is 16.0 Å². The molecule has 116 valence electrons. The summed E-state index contributed by atoms with van der Waals surface area (Å²) >= 11 is 0. The van der Waals surface area contributed by atoms with E-state index < -0.39 is 4.92 Å². The summed E-state index contributed by atoms with van der Waals surface area (Å²) in [6, 6.07) is 6.79. The van der Waals surface area contributed by atoms with E-state index in [0.29, 0.717) is 18.5 Å². The van der Waals surface area contributed by atoms with Crippen molar-refractivity contribution in [3.05, 3.63) is 39.9 Å². The Morgan fingerprint density at radius 1 is 1.29 bits per heavy atom. The van der Waals surface area contributed by atoms with Gasteiger partial charge in [-0.3, -0.25) is 10.1 Å². The van der Waals surface area contributed by atoms with Gasteiger partial charge >= 0.3 is 0 Å². The lowest BCUT2D eigenvalue weighted by Crippen LogP contribution is -2.44. The zero-order valence-corrected chi connectivity index (χ0v) is 13.1. The summed E-state index contributed by atoms with van der Waals surface area (Å²) in [4.78, 5) is 14.7. The molecule has 6 nitrogen and oxygen atoms in total. The molecule has 2 N–H and O–H groups in total. The molecule has 21 heavy (non-hydrogen) atoms. The molecule has 0 aliphatic rings. The Morgan fingerprint density at radius 2 is 1.90 bits per heavy atom. The van der Waals surface area contributed by atoms with E-state index in [1.807, 2.05) is 6.92 Å². The quantitative estimate of drug-likeness (QED) is 0.366. The highest BCUT2D eigenvalue weighted by molar-refractivity contribution is 5.80. The molecule has 0 heterocycles. The van der Waals surface area contributed by atoms with E-state index >= 15 is 0 Å². The summed E-state index contributed by atoms with van der Waals surface area (Å²) in [5, 5.41) is 17.2. The van der Waals surface area contributed by atoms with Gasteiger partial charge in [0.25, 0.3) is 5.69 Å². The van der Waals surface area contributed by atoms with E-state index in [1.54, 1.807) is 12.1 Å². The second-order valence-electron chi connectivity index (χ2n) is 5.30. The van der Waals surface area contributed by atoms with Crippen LogP contribution in [0.4, 0.5) is 5.69 Å². The van der Waals surface area contributed by atoms with Crippen molar-refractivity contribution in [2.45, 2.75) is 40.3 Å². The number of nitro benzene ring substituents is 1. The molecule has 0 spiro atoms. The molecule has 1 atom stereocenters. The zero-order valence-electron chi connectivity index (χ0n) is 13.1. The fraction of sp³-hybridized carbons (Fsp3) is 0.533. The molecule has 0 saturated carbocycles. The average molecular weight is 292 g/mol. The topological polar surface area (TPSA) is 79.6 Å². The van der Waals surface area contributed by atoms with E-state index in [1.165, 1.54) is 12.1 Å². The van der Waals surface area contributed by atoms with E-state index in [0.717, 1.165) is 18.1 Å². The van der Waals surface area contributed by atoms with E-state index in [9.17, 15) is 10.1 Å². The predicted molar refractivity (Wildman–Crippen MR) is 85.3 cm³/mol. The van der Waals surface area contributed by atoms with Gasteiger partial charge in [-0.15, -0.1) is 0 Å². The Kier molecular flexibility index (Phi) is 6.65. The minimum Gasteiger partial charge on any atom is -0.357 e. The Balaban J connectivity index is 2.70. The van der Waals surface area contributed by atoms with Gasteiger partial charge in [0.1, 0.15) is 0 Å². The zero-order chi connectivity index (χ0) is 15.8. The molecule has 0 fully saturated rings. The highest BCUT2D eigenvalue weighted by Gasteiger charge is 2.09. The summed E-state index contributed by atoms with van der Waals surface area (Å²) in [5.41, 5.74) is 1.04. The Bertz CT molecular complexity index is 483. The average Bonchev–Trinajstić information content (AvgIpc) is 2.45. The molecule has 0 aliphatic carbocycles. The lowest BCUT2D eigenvalue weighted by atomic mass is 10.1. The van der Waals surface area contributed by atoms with Crippen molar-refractivity contribution >= 4 is 11.6 Å². The van der Waals surface area contributed by atoms with Gasteiger partial charge in [0, 0.05) is 24.7 Å². The van der Waals surface area contributed by atoms with E-state index in [-0.39, 0.29) is 5.69 Å². The van der Waals surface area contributed by atoms with Gasteiger partial charge in [-0.2, -0.15) is 0 Å². The minimum absolute atomic E-state index is 0.0983.